The third-order valence-electron chi connectivity index (χ3n) is 5.08. The number of nitro groups is 2. The first kappa shape index (κ1) is 24.8. The Labute approximate surface area is 197 Å². The quantitative estimate of drug-likeness (QED) is 0.317. The topological polar surface area (TPSA) is 191 Å². The number of para-hydroxylation sites is 1. The molecule has 35 heavy (non-hydrogen) atoms. The van der Waals surface area contributed by atoms with Gasteiger partial charge in [0, 0.05) is 29.8 Å². The number of benzene rings is 2. The fourth-order valence-corrected chi connectivity index (χ4v) is 3.32. The van der Waals surface area contributed by atoms with Crippen molar-refractivity contribution in [1.82, 2.24) is 10.4 Å². The van der Waals surface area contributed by atoms with E-state index in [4.69, 9.17) is 4.74 Å². The first-order valence-electron chi connectivity index (χ1n) is 10.1. The van der Waals surface area contributed by atoms with Crippen molar-refractivity contribution in [2.45, 2.75) is 13.3 Å². The number of nitro benzene ring substituents is 2. The number of hydrazine groups is 1. The molecule has 2 N–H and O–H groups in total. The van der Waals surface area contributed by atoms with Gasteiger partial charge in [-0.25, -0.2) is 0 Å². The van der Waals surface area contributed by atoms with Gasteiger partial charge < -0.3 is 10.1 Å². The van der Waals surface area contributed by atoms with E-state index in [-0.39, 0.29) is 29.9 Å². The van der Waals surface area contributed by atoms with Gasteiger partial charge in [-0.1, -0.05) is 18.2 Å². The molecule has 14 nitrogen and oxygen atoms in total. The third-order valence-corrected chi connectivity index (χ3v) is 5.08. The van der Waals surface area contributed by atoms with Crippen molar-refractivity contribution < 1.29 is 33.8 Å². The Kier molecular flexibility index (Phi) is 7.34. The highest BCUT2D eigenvalue weighted by Crippen LogP contribution is 2.23. The maximum Gasteiger partial charge on any atom is 0.311 e. The molecule has 182 valence electrons. The van der Waals surface area contributed by atoms with Gasteiger partial charge in [-0.15, -0.1) is 0 Å². The molecule has 2 aromatic rings. The fourth-order valence-electron chi connectivity index (χ4n) is 3.32. The smallest absolute Gasteiger partial charge is 0.311 e. The van der Waals surface area contributed by atoms with Crippen LogP contribution < -0.4 is 10.7 Å². The zero-order valence-corrected chi connectivity index (χ0v) is 18.3. The van der Waals surface area contributed by atoms with E-state index in [9.17, 15) is 39.4 Å². The van der Waals surface area contributed by atoms with E-state index in [0.717, 1.165) is 11.1 Å². The molecule has 3 rings (SSSR count). The van der Waals surface area contributed by atoms with Crippen LogP contribution in [-0.4, -0.2) is 51.7 Å². The van der Waals surface area contributed by atoms with Gasteiger partial charge in [0.2, 0.25) is 5.91 Å². The molecule has 1 aliphatic rings. The second-order valence-corrected chi connectivity index (χ2v) is 7.53. The normalized spacial score (nSPS) is 14.8. The molecule has 0 saturated carbocycles. The van der Waals surface area contributed by atoms with Crippen LogP contribution in [0, 0.1) is 33.1 Å². The summed E-state index contributed by atoms with van der Waals surface area (Å²) in [5.41, 5.74) is 1.89. The summed E-state index contributed by atoms with van der Waals surface area (Å²) in [5.74, 6) is -4.11. The maximum absolute atomic E-state index is 12.4. The van der Waals surface area contributed by atoms with Crippen LogP contribution in [0.4, 0.5) is 17.1 Å². The van der Waals surface area contributed by atoms with Crippen LogP contribution in [0.25, 0.3) is 0 Å². The van der Waals surface area contributed by atoms with Gasteiger partial charge >= 0.3 is 5.97 Å². The number of nitrogens with one attached hydrogen (secondary N) is 2. The first-order valence-corrected chi connectivity index (χ1v) is 10.1. The average Bonchev–Trinajstić information content (AvgIpc) is 3.18. The summed E-state index contributed by atoms with van der Waals surface area (Å²) in [6.45, 7) is 0.588. The molecule has 0 aliphatic carbocycles. The molecule has 1 fully saturated rings. The lowest BCUT2D eigenvalue weighted by Gasteiger charge is -2.17. The van der Waals surface area contributed by atoms with Gasteiger partial charge in [0.1, 0.15) is 5.56 Å². The monoisotopic (exact) mass is 485 g/mol. The Balaban J connectivity index is 1.53. The molecular formula is C21H19N5O9. The number of amides is 3. The van der Waals surface area contributed by atoms with Crippen LogP contribution >= 0.6 is 0 Å². The molecule has 0 unspecified atom stereocenters. The second-order valence-electron chi connectivity index (χ2n) is 7.53. The number of ether oxygens (including phenoxy) is 1. The van der Waals surface area contributed by atoms with Crippen LogP contribution in [0.2, 0.25) is 0 Å². The number of esters is 1. The van der Waals surface area contributed by atoms with Gasteiger partial charge in [-0.2, -0.15) is 0 Å². The summed E-state index contributed by atoms with van der Waals surface area (Å²) in [5, 5.41) is 25.3. The summed E-state index contributed by atoms with van der Waals surface area (Å²) in [6.07, 6.45) is -0.304. The molecular weight excluding hydrogens is 466 g/mol. The zero-order valence-electron chi connectivity index (χ0n) is 18.3. The maximum atomic E-state index is 12.4. The average molecular weight is 485 g/mol. The summed E-state index contributed by atoms with van der Waals surface area (Å²) in [7, 11) is 0. The molecule has 1 saturated heterocycles. The Bertz CT molecular complexity index is 1230. The minimum absolute atomic E-state index is 0.142. The predicted octanol–water partition coefficient (Wildman–Crippen LogP) is 1.49. The number of nitrogens with zero attached hydrogens (tertiary/aromatic N) is 3. The highest BCUT2D eigenvalue weighted by Gasteiger charge is 2.37. The van der Waals surface area contributed by atoms with E-state index in [1.165, 1.54) is 36.4 Å². The number of rotatable bonds is 8. The van der Waals surface area contributed by atoms with Crippen LogP contribution in [0.1, 0.15) is 22.3 Å². The Morgan fingerprint density at radius 1 is 1.09 bits per heavy atom. The van der Waals surface area contributed by atoms with Crippen molar-refractivity contribution >= 4 is 40.8 Å². The largest absolute Gasteiger partial charge is 0.455 e. The molecule has 1 heterocycles. The zero-order chi connectivity index (χ0) is 25.7. The molecule has 0 radical (unpaired) electrons. The highest BCUT2D eigenvalue weighted by molar-refractivity contribution is 5.99. The minimum Gasteiger partial charge on any atom is -0.455 e. The van der Waals surface area contributed by atoms with E-state index in [2.05, 4.69) is 10.7 Å². The van der Waals surface area contributed by atoms with Gasteiger partial charge in [0.25, 0.3) is 23.2 Å². The van der Waals surface area contributed by atoms with Crippen molar-refractivity contribution in [3.63, 3.8) is 0 Å². The van der Waals surface area contributed by atoms with E-state index in [0.29, 0.717) is 5.56 Å². The van der Waals surface area contributed by atoms with Crippen LogP contribution in [0.15, 0.2) is 42.5 Å². The van der Waals surface area contributed by atoms with Gasteiger partial charge in [-0.05, 0) is 19.1 Å². The predicted molar refractivity (Wildman–Crippen MR) is 118 cm³/mol. The van der Waals surface area contributed by atoms with Crippen molar-refractivity contribution in [1.29, 1.82) is 0 Å². The Morgan fingerprint density at radius 3 is 2.46 bits per heavy atom. The Morgan fingerprint density at radius 2 is 1.77 bits per heavy atom. The lowest BCUT2D eigenvalue weighted by molar-refractivity contribution is -0.385. The standard InChI is InChI=1S/C21H19N5O9/c1-12-6-7-14(9-17(12)26(33)34)22-18(27)11-35-21(30)13-8-19(28)24(10-13)23-20(29)15-4-2-3-5-16(15)25(31)32/h2-7,9,13H,8,10-11H2,1H3,(H,22,27)(H,23,29)/t13-/m1/s1. The molecule has 3 amide bonds. The van der Waals surface area contributed by atoms with E-state index in [1.807, 2.05) is 0 Å². The summed E-state index contributed by atoms with van der Waals surface area (Å²) >= 11 is 0. The number of hydrogen-bond donors (Lipinski definition) is 2. The van der Waals surface area contributed by atoms with Crippen molar-refractivity contribution in [2.24, 2.45) is 5.92 Å². The molecule has 0 aromatic heterocycles. The van der Waals surface area contributed by atoms with Crippen molar-refractivity contribution in [3.8, 4) is 0 Å². The number of hydrogen-bond acceptors (Lipinski definition) is 9. The Hall–Kier alpha value is -4.88. The summed E-state index contributed by atoms with van der Waals surface area (Å²) < 4.78 is 4.93. The van der Waals surface area contributed by atoms with E-state index in [1.54, 1.807) is 6.92 Å². The third kappa shape index (κ3) is 5.93. The first-order chi connectivity index (χ1) is 16.6. The van der Waals surface area contributed by atoms with Crippen molar-refractivity contribution in [3.05, 3.63) is 73.8 Å². The molecule has 0 spiro atoms. The van der Waals surface area contributed by atoms with Gasteiger partial charge in [-0.3, -0.25) is 49.8 Å². The van der Waals surface area contributed by atoms with Crippen LogP contribution in [-0.2, 0) is 19.1 Å². The van der Waals surface area contributed by atoms with Gasteiger partial charge in [0.15, 0.2) is 6.61 Å². The van der Waals surface area contributed by atoms with Gasteiger partial charge in [0.05, 0.1) is 22.3 Å². The molecule has 1 atom stereocenters. The molecule has 14 heteroatoms. The number of aryl methyl sites for hydroxylation is 1. The second kappa shape index (κ2) is 10.4. The number of anilines is 1. The number of carbonyl (C=O) groups is 4. The van der Waals surface area contributed by atoms with Crippen LogP contribution in [0.5, 0.6) is 0 Å². The highest BCUT2D eigenvalue weighted by atomic mass is 16.6. The lowest BCUT2D eigenvalue weighted by Crippen LogP contribution is -2.43. The van der Waals surface area contributed by atoms with Crippen molar-refractivity contribution in [2.75, 3.05) is 18.5 Å². The van der Waals surface area contributed by atoms with E-state index < -0.39 is 51.7 Å². The van der Waals surface area contributed by atoms with Crippen LogP contribution in [0.3, 0.4) is 0 Å². The SMILES string of the molecule is Cc1ccc(NC(=O)COC(=O)[C@@H]2CC(=O)N(NC(=O)c3ccccc3[N+](=O)[O-])C2)cc1[N+](=O)[O-]. The molecule has 0 bridgehead atoms. The minimum atomic E-state index is -0.984. The summed E-state index contributed by atoms with van der Waals surface area (Å²) in [6, 6.07) is 9.25. The fraction of sp³-hybridized carbons (Fsp3) is 0.238. The summed E-state index contributed by atoms with van der Waals surface area (Å²) in [4.78, 5) is 69.8. The molecule has 1 aliphatic heterocycles. The number of carbonyl (C=O) groups excluding carboxylic acids is 4. The lowest BCUT2D eigenvalue weighted by atomic mass is 10.1. The molecule has 2 aromatic carbocycles. The van der Waals surface area contributed by atoms with E-state index >= 15 is 0 Å².